The summed E-state index contributed by atoms with van der Waals surface area (Å²) >= 11 is 9.47. The minimum atomic E-state index is -0.345. The van der Waals surface area contributed by atoms with E-state index in [0.717, 1.165) is 14.9 Å². The van der Waals surface area contributed by atoms with Gasteiger partial charge in [-0.1, -0.05) is 39.7 Å². The molecule has 0 N–H and O–H groups in total. The lowest BCUT2D eigenvalue weighted by atomic mass is 10.1. The van der Waals surface area contributed by atoms with Gasteiger partial charge in [0.25, 0.3) is 11.8 Å². The zero-order chi connectivity index (χ0) is 14.4. The van der Waals surface area contributed by atoms with Crippen molar-refractivity contribution in [1.82, 2.24) is 0 Å². The van der Waals surface area contributed by atoms with E-state index < -0.39 is 0 Å². The second-order valence-corrected chi connectivity index (χ2v) is 5.86. The first-order valence-electron chi connectivity index (χ1n) is 5.94. The number of carbonyl (C=O) groups is 2. The van der Waals surface area contributed by atoms with Crippen molar-refractivity contribution in [2.75, 3.05) is 4.90 Å². The van der Waals surface area contributed by atoms with Crippen molar-refractivity contribution in [2.24, 2.45) is 0 Å². The molecule has 0 saturated heterocycles. The zero-order valence-electron chi connectivity index (χ0n) is 10.5. The molecule has 0 spiro atoms. The smallest absolute Gasteiger partial charge is 0.266 e. The van der Waals surface area contributed by atoms with Gasteiger partial charge in [-0.05, 0) is 36.8 Å². The maximum Gasteiger partial charge on any atom is 0.266 e. The maximum absolute atomic E-state index is 12.5. The summed E-state index contributed by atoms with van der Waals surface area (Å²) in [5.74, 6) is -0.684. The molecule has 0 bridgehead atoms. The Balaban J connectivity index is 2.20. The standard InChI is InChI=1S/C15H9BrClNO2/c1-8-3-2-4-12(17)13(8)18-14(19)10-6-5-9(16)7-11(10)15(18)20/h2-7H,1H3. The molecule has 3 nitrogen and oxygen atoms in total. The predicted molar refractivity (Wildman–Crippen MR) is 81.5 cm³/mol. The Kier molecular flexibility index (Phi) is 3.15. The van der Waals surface area contributed by atoms with Crippen molar-refractivity contribution >= 4 is 45.0 Å². The highest BCUT2D eigenvalue weighted by molar-refractivity contribution is 9.10. The lowest BCUT2D eigenvalue weighted by Crippen LogP contribution is -2.30. The van der Waals surface area contributed by atoms with Gasteiger partial charge in [-0.25, -0.2) is 4.90 Å². The minimum absolute atomic E-state index is 0.339. The molecule has 0 atom stereocenters. The number of anilines is 1. The summed E-state index contributed by atoms with van der Waals surface area (Å²) in [5.41, 5.74) is 2.03. The molecule has 0 aromatic heterocycles. The molecular weight excluding hydrogens is 342 g/mol. The Morgan fingerprint density at radius 3 is 2.45 bits per heavy atom. The Morgan fingerprint density at radius 2 is 1.75 bits per heavy atom. The van der Waals surface area contributed by atoms with Crippen molar-refractivity contribution in [3.63, 3.8) is 0 Å². The lowest BCUT2D eigenvalue weighted by Gasteiger charge is -2.17. The van der Waals surface area contributed by atoms with Crippen LogP contribution in [0.3, 0.4) is 0 Å². The van der Waals surface area contributed by atoms with Crippen LogP contribution in [0.2, 0.25) is 5.02 Å². The van der Waals surface area contributed by atoms with Crippen molar-refractivity contribution in [2.45, 2.75) is 6.92 Å². The summed E-state index contributed by atoms with van der Waals surface area (Å²) in [5, 5.41) is 0.388. The number of fused-ring (bicyclic) bond motifs is 1. The number of hydrogen-bond donors (Lipinski definition) is 0. The first-order chi connectivity index (χ1) is 9.50. The maximum atomic E-state index is 12.5. The minimum Gasteiger partial charge on any atom is -0.268 e. The molecule has 1 aliphatic rings. The van der Waals surface area contributed by atoms with Gasteiger partial charge in [0.15, 0.2) is 0 Å². The average molecular weight is 351 g/mol. The normalized spacial score (nSPS) is 13.8. The van der Waals surface area contributed by atoms with Crippen molar-refractivity contribution in [1.29, 1.82) is 0 Å². The van der Waals surface area contributed by atoms with Crippen LogP contribution in [0.15, 0.2) is 40.9 Å². The summed E-state index contributed by atoms with van der Waals surface area (Å²) in [6.07, 6.45) is 0. The fraction of sp³-hybridized carbons (Fsp3) is 0.0667. The number of para-hydroxylation sites is 1. The van der Waals surface area contributed by atoms with Crippen molar-refractivity contribution < 1.29 is 9.59 Å². The van der Waals surface area contributed by atoms with E-state index in [2.05, 4.69) is 15.9 Å². The van der Waals surface area contributed by atoms with Gasteiger partial charge in [-0.2, -0.15) is 0 Å². The van der Waals surface area contributed by atoms with Crippen LogP contribution in [0.5, 0.6) is 0 Å². The molecule has 0 saturated carbocycles. The van der Waals surface area contributed by atoms with Gasteiger partial charge < -0.3 is 0 Å². The fourth-order valence-corrected chi connectivity index (χ4v) is 2.99. The zero-order valence-corrected chi connectivity index (χ0v) is 12.8. The fourth-order valence-electron chi connectivity index (χ4n) is 2.32. The topological polar surface area (TPSA) is 37.4 Å². The molecule has 0 unspecified atom stereocenters. The highest BCUT2D eigenvalue weighted by atomic mass is 79.9. The highest BCUT2D eigenvalue weighted by Gasteiger charge is 2.38. The molecule has 20 heavy (non-hydrogen) atoms. The van der Waals surface area contributed by atoms with E-state index in [1.165, 1.54) is 0 Å². The number of imide groups is 1. The number of nitrogens with zero attached hydrogens (tertiary/aromatic N) is 1. The van der Waals surface area contributed by atoms with Crippen LogP contribution < -0.4 is 4.90 Å². The van der Waals surface area contributed by atoms with Gasteiger partial charge in [0.05, 0.1) is 21.8 Å². The van der Waals surface area contributed by atoms with Crippen LogP contribution in [-0.2, 0) is 0 Å². The number of halogens is 2. The molecule has 100 valence electrons. The van der Waals surface area contributed by atoms with Crippen LogP contribution in [0.1, 0.15) is 26.3 Å². The molecule has 3 rings (SSSR count). The second-order valence-electron chi connectivity index (χ2n) is 4.54. The summed E-state index contributed by atoms with van der Waals surface area (Å²) in [6, 6.07) is 10.3. The Labute approximate surface area is 129 Å². The van der Waals surface area contributed by atoms with Gasteiger partial charge in [-0.3, -0.25) is 9.59 Å². The molecule has 5 heteroatoms. The number of amides is 2. The van der Waals surface area contributed by atoms with E-state index in [1.54, 1.807) is 30.3 Å². The van der Waals surface area contributed by atoms with Crippen LogP contribution in [-0.4, -0.2) is 11.8 Å². The quantitative estimate of drug-likeness (QED) is 0.722. The van der Waals surface area contributed by atoms with Crippen LogP contribution in [0.4, 0.5) is 5.69 Å². The molecule has 0 fully saturated rings. The van der Waals surface area contributed by atoms with E-state index in [-0.39, 0.29) is 11.8 Å². The monoisotopic (exact) mass is 349 g/mol. The first-order valence-corrected chi connectivity index (χ1v) is 7.11. The van der Waals surface area contributed by atoms with E-state index in [0.29, 0.717) is 21.8 Å². The third kappa shape index (κ3) is 1.87. The highest BCUT2D eigenvalue weighted by Crippen LogP contribution is 2.36. The molecule has 0 radical (unpaired) electrons. The predicted octanol–water partition coefficient (Wildman–Crippen LogP) is 4.21. The number of benzene rings is 2. The molecular formula is C15H9BrClNO2. The van der Waals surface area contributed by atoms with Gasteiger partial charge in [0.1, 0.15) is 0 Å². The third-order valence-electron chi connectivity index (χ3n) is 3.26. The Morgan fingerprint density at radius 1 is 1.05 bits per heavy atom. The molecule has 2 amide bonds. The largest absolute Gasteiger partial charge is 0.268 e. The lowest BCUT2D eigenvalue weighted by molar-refractivity contribution is 0.0926. The molecule has 2 aromatic rings. The van der Waals surface area contributed by atoms with Gasteiger partial charge in [0, 0.05) is 4.47 Å². The third-order valence-corrected chi connectivity index (χ3v) is 4.06. The number of hydrogen-bond acceptors (Lipinski definition) is 2. The molecule has 0 aliphatic carbocycles. The summed E-state index contributed by atoms with van der Waals surface area (Å²) in [7, 11) is 0. The SMILES string of the molecule is Cc1cccc(Cl)c1N1C(=O)c2ccc(Br)cc2C1=O. The van der Waals surface area contributed by atoms with Crippen molar-refractivity contribution in [3.05, 3.63) is 62.6 Å². The Bertz CT molecular complexity index is 737. The van der Waals surface area contributed by atoms with Gasteiger partial charge in [0.2, 0.25) is 0 Å². The van der Waals surface area contributed by atoms with Crippen molar-refractivity contribution in [3.8, 4) is 0 Å². The van der Waals surface area contributed by atoms with Gasteiger partial charge in [-0.15, -0.1) is 0 Å². The second kappa shape index (κ2) is 4.72. The molecule has 1 aliphatic heterocycles. The molecule has 1 heterocycles. The van der Waals surface area contributed by atoms with E-state index in [9.17, 15) is 9.59 Å². The van der Waals surface area contributed by atoms with Crippen LogP contribution >= 0.6 is 27.5 Å². The first kappa shape index (κ1) is 13.3. The number of carbonyl (C=O) groups excluding carboxylic acids is 2. The van der Waals surface area contributed by atoms with E-state index >= 15 is 0 Å². The average Bonchev–Trinajstić information content (AvgIpc) is 2.63. The number of aryl methyl sites for hydroxylation is 1. The Hall–Kier alpha value is -1.65. The van der Waals surface area contributed by atoms with Crippen LogP contribution in [0.25, 0.3) is 0 Å². The van der Waals surface area contributed by atoms with E-state index in [1.807, 2.05) is 13.0 Å². The summed E-state index contributed by atoms with van der Waals surface area (Å²) < 4.78 is 0.759. The summed E-state index contributed by atoms with van der Waals surface area (Å²) in [4.78, 5) is 26.1. The van der Waals surface area contributed by atoms with E-state index in [4.69, 9.17) is 11.6 Å². The van der Waals surface area contributed by atoms with Gasteiger partial charge >= 0.3 is 0 Å². The molecule has 2 aromatic carbocycles. The summed E-state index contributed by atoms with van der Waals surface area (Å²) in [6.45, 7) is 1.82. The van der Waals surface area contributed by atoms with Crippen LogP contribution in [0, 0.1) is 6.92 Å². The number of rotatable bonds is 1.